The highest BCUT2D eigenvalue weighted by molar-refractivity contribution is 6.22. The van der Waals surface area contributed by atoms with Crippen LogP contribution in [0.5, 0.6) is 0 Å². The molecule has 0 aromatic heterocycles. The quantitative estimate of drug-likeness (QED) is 0.368. The number of nitrogens with one attached hydrogen (secondary N) is 1. The van der Waals surface area contributed by atoms with E-state index in [-0.39, 0.29) is 36.2 Å². The first-order chi connectivity index (χ1) is 15.3. The Labute approximate surface area is 187 Å². The van der Waals surface area contributed by atoms with Crippen LogP contribution in [0, 0.1) is 12.8 Å². The van der Waals surface area contributed by atoms with E-state index in [1.54, 1.807) is 12.1 Å². The molecule has 1 N–H and O–H groups in total. The van der Waals surface area contributed by atoms with Crippen molar-refractivity contribution < 1.29 is 23.9 Å². The van der Waals surface area contributed by atoms with Gasteiger partial charge in [0.1, 0.15) is 0 Å². The van der Waals surface area contributed by atoms with Gasteiger partial charge in [-0.05, 0) is 43.7 Å². The van der Waals surface area contributed by atoms with Crippen molar-refractivity contribution in [2.45, 2.75) is 39.7 Å². The molecule has 0 saturated carbocycles. The van der Waals surface area contributed by atoms with Crippen molar-refractivity contribution in [3.63, 3.8) is 0 Å². The first-order valence-corrected chi connectivity index (χ1v) is 10.8. The Hall–Kier alpha value is -3.32. The van der Waals surface area contributed by atoms with Crippen LogP contribution in [-0.4, -0.2) is 42.8 Å². The molecule has 2 amide bonds. The van der Waals surface area contributed by atoms with Crippen molar-refractivity contribution in [3.05, 3.63) is 65.2 Å². The fourth-order valence-corrected chi connectivity index (χ4v) is 3.33. The van der Waals surface area contributed by atoms with Gasteiger partial charge in [-0.2, -0.15) is 0 Å². The maximum Gasteiger partial charge on any atom is 0.338 e. The fourth-order valence-electron chi connectivity index (χ4n) is 3.33. The van der Waals surface area contributed by atoms with Crippen molar-refractivity contribution in [3.8, 4) is 0 Å². The average Bonchev–Trinajstić information content (AvgIpc) is 3.09. The zero-order chi connectivity index (χ0) is 23.3. The summed E-state index contributed by atoms with van der Waals surface area (Å²) in [6.07, 6.45) is 1.10. The number of carbonyl (C=O) groups excluding carboxylic acids is 4. The molecular formula is C25H28N2O5. The molecule has 0 aliphatic carbocycles. The van der Waals surface area contributed by atoms with E-state index >= 15 is 0 Å². The van der Waals surface area contributed by atoms with Gasteiger partial charge in [0, 0.05) is 5.56 Å². The van der Waals surface area contributed by atoms with E-state index in [1.165, 1.54) is 24.3 Å². The van der Waals surface area contributed by atoms with Crippen molar-refractivity contribution in [1.29, 1.82) is 0 Å². The predicted octanol–water partition coefficient (Wildman–Crippen LogP) is 3.30. The van der Waals surface area contributed by atoms with Crippen molar-refractivity contribution in [2.24, 2.45) is 5.92 Å². The van der Waals surface area contributed by atoms with Crippen LogP contribution in [0.3, 0.4) is 0 Å². The number of amides is 2. The van der Waals surface area contributed by atoms with Gasteiger partial charge < -0.3 is 10.1 Å². The number of ketones is 1. The van der Waals surface area contributed by atoms with Crippen molar-refractivity contribution >= 4 is 29.3 Å². The summed E-state index contributed by atoms with van der Waals surface area (Å²) in [6, 6.07) is 12.5. The van der Waals surface area contributed by atoms with Gasteiger partial charge in [-0.1, -0.05) is 50.1 Å². The van der Waals surface area contributed by atoms with Gasteiger partial charge in [-0.3, -0.25) is 14.4 Å². The Morgan fingerprint density at radius 2 is 1.69 bits per heavy atom. The van der Waals surface area contributed by atoms with Gasteiger partial charge in [-0.25, -0.2) is 9.69 Å². The van der Waals surface area contributed by atoms with Crippen LogP contribution in [0.1, 0.15) is 53.0 Å². The lowest BCUT2D eigenvalue weighted by Gasteiger charge is -2.17. The van der Waals surface area contributed by atoms with E-state index in [2.05, 4.69) is 19.2 Å². The number of carbonyl (C=O) groups is 4. The summed E-state index contributed by atoms with van der Waals surface area (Å²) in [5, 5.41) is 3.17. The molecule has 2 aromatic rings. The van der Waals surface area contributed by atoms with Gasteiger partial charge in [0.15, 0.2) is 12.4 Å². The number of hydrogen-bond donors (Lipinski definition) is 1. The standard InChI is InChI=1S/C25H28N2O5/c1-4-16(2)14-26-21-13-23(29)27(24(21)30)20-11-9-19(10-12-20)25(31)32-15-22(28)18-7-5-17(3)6-8-18/h5-12,16,21,26H,4,13-15H2,1-3H3. The van der Waals surface area contributed by atoms with Gasteiger partial charge in [0.05, 0.1) is 23.7 Å². The molecule has 168 valence electrons. The van der Waals surface area contributed by atoms with Crippen molar-refractivity contribution in [1.82, 2.24) is 5.32 Å². The fraction of sp³-hybridized carbons (Fsp3) is 0.360. The summed E-state index contributed by atoms with van der Waals surface area (Å²) in [5.41, 5.74) is 2.14. The number of aryl methyl sites for hydroxylation is 1. The Balaban J connectivity index is 1.58. The number of imide groups is 1. The predicted molar refractivity (Wildman–Crippen MR) is 121 cm³/mol. The minimum atomic E-state index is -0.649. The van der Waals surface area contributed by atoms with Crippen LogP contribution in [0.2, 0.25) is 0 Å². The van der Waals surface area contributed by atoms with E-state index in [9.17, 15) is 19.2 Å². The minimum absolute atomic E-state index is 0.111. The zero-order valence-corrected chi connectivity index (χ0v) is 18.6. The second-order valence-corrected chi connectivity index (χ2v) is 8.16. The number of benzene rings is 2. The highest BCUT2D eigenvalue weighted by atomic mass is 16.5. The monoisotopic (exact) mass is 436 g/mol. The molecule has 2 aromatic carbocycles. The molecule has 2 unspecified atom stereocenters. The number of hydrogen-bond acceptors (Lipinski definition) is 6. The third kappa shape index (κ3) is 5.48. The molecule has 32 heavy (non-hydrogen) atoms. The molecule has 1 heterocycles. The zero-order valence-electron chi connectivity index (χ0n) is 18.6. The lowest BCUT2D eigenvalue weighted by Crippen LogP contribution is -2.40. The van der Waals surface area contributed by atoms with Crippen LogP contribution in [-0.2, 0) is 14.3 Å². The smallest absolute Gasteiger partial charge is 0.338 e. The SMILES string of the molecule is CCC(C)CNC1CC(=O)N(c2ccc(C(=O)OCC(=O)c3ccc(C)cc3)cc2)C1=O. The van der Waals surface area contributed by atoms with Gasteiger partial charge in [0.2, 0.25) is 5.91 Å². The van der Waals surface area contributed by atoms with Crippen LogP contribution in [0.15, 0.2) is 48.5 Å². The van der Waals surface area contributed by atoms with E-state index < -0.39 is 12.0 Å². The summed E-state index contributed by atoms with van der Waals surface area (Å²) in [5.74, 6) is -1.11. The molecule has 0 radical (unpaired) electrons. The number of nitrogens with zero attached hydrogens (tertiary/aromatic N) is 1. The molecule has 3 rings (SSSR count). The summed E-state index contributed by atoms with van der Waals surface area (Å²) < 4.78 is 5.12. The van der Waals surface area contributed by atoms with E-state index in [1.807, 2.05) is 19.1 Å². The summed E-state index contributed by atoms with van der Waals surface area (Å²) in [6.45, 7) is 6.38. The van der Waals surface area contributed by atoms with Crippen LogP contribution >= 0.6 is 0 Å². The first-order valence-electron chi connectivity index (χ1n) is 10.8. The average molecular weight is 437 g/mol. The van der Waals surface area contributed by atoms with E-state index in [0.717, 1.165) is 16.9 Å². The molecule has 7 heteroatoms. The molecule has 0 bridgehead atoms. The highest BCUT2D eigenvalue weighted by Crippen LogP contribution is 2.24. The number of rotatable bonds is 9. The molecule has 1 aliphatic rings. The maximum absolute atomic E-state index is 12.7. The summed E-state index contributed by atoms with van der Waals surface area (Å²) in [4.78, 5) is 50.7. The maximum atomic E-state index is 12.7. The molecule has 1 fully saturated rings. The number of ether oxygens (including phenoxy) is 1. The topological polar surface area (TPSA) is 92.8 Å². The van der Waals surface area contributed by atoms with Crippen molar-refractivity contribution in [2.75, 3.05) is 18.1 Å². The Morgan fingerprint density at radius 1 is 1.06 bits per heavy atom. The van der Waals surface area contributed by atoms with Crippen LogP contribution in [0.25, 0.3) is 0 Å². The number of esters is 1. The minimum Gasteiger partial charge on any atom is -0.454 e. The highest BCUT2D eigenvalue weighted by Gasteiger charge is 2.39. The lowest BCUT2D eigenvalue weighted by molar-refractivity contribution is -0.121. The van der Waals surface area contributed by atoms with Crippen LogP contribution in [0.4, 0.5) is 5.69 Å². The number of Topliss-reactive ketones (excluding diaryl/α,β-unsaturated/α-hetero) is 1. The van der Waals surface area contributed by atoms with Gasteiger partial charge >= 0.3 is 5.97 Å². The normalized spacial score (nSPS) is 16.8. The molecule has 7 nitrogen and oxygen atoms in total. The molecule has 0 spiro atoms. The van der Waals surface area contributed by atoms with Gasteiger partial charge in [-0.15, -0.1) is 0 Å². The summed E-state index contributed by atoms with van der Waals surface area (Å²) >= 11 is 0. The Morgan fingerprint density at radius 3 is 2.31 bits per heavy atom. The van der Waals surface area contributed by atoms with E-state index in [0.29, 0.717) is 23.7 Å². The molecular weight excluding hydrogens is 408 g/mol. The van der Waals surface area contributed by atoms with Crippen LogP contribution < -0.4 is 10.2 Å². The Kier molecular flexibility index (Phi) is 7.53. The molecule has 2 atom stereocenters. The molecule has 1 saturated heterocycles. The second kappa shape index (κ2) is 10.3. The largest absolute Gasteiger partial charge is 0.454 e. The summed E-state index contributed by atoms with van der Waals surface area (Å²) in [7, 11) is 0. The van der Waals surface area contributed by atoms with Gasteiger partial charge in [0.25, 0.3) is 5.91 Å². The lowest BCUT2D eigenvalue weighted by atomic mass is 10.1. The Bertz CT molecular complexity index is 998. The van der Waals surface area contributed by atoms with E-state index in [4.69, 9.17) is 4.74 Å². The first kappa shape index (κ1) is 23.3. The third-order valence-corrected chi connectivity index (χ3v) is 5.63. The molecule has 1 aliphatic heterocycles. The third-order valence-electron chi connectivity index (χ3n) is 5.63. The second-order valence-electron chi connectivity index (χ2n) is 8.16. The number of anilines is 1.